The van der Waals surface area contributed by atoms with Crippen molar-refractivity contribution >= 4 is 6.09 Å². The summed E-state index contributed by atoms with van der Waals surface area (Å²) in [7, 11) is 0. The molecule has 0 bridgehead atoms. The topological polar surface area (TPSA) is 50.9 Å². The van der Waals surface area contributed by atoms with Crippen molar-refractivity contribution in [2.45, 2.75) is 131 Å². The largest absolute Gasteiger partial charge is 0.446 e. The van der Waals surface area contributed by atoms with Gasteiger partial charge < -0.3 is 28.6 Å². The Morgan fingerprint density at radius 1 is 1.05 bits per heavy atom. The van der Waals surface area contributed by atoms with Gasteiger partial charge in [0.15, 0.2) is 0 Å². The number of ether oxygens (including phenoxy) is 2. The minimum absolute atomic E-state index is 0. The molecule has 1 heterocycles. The minimum Gasteiger partial charge on any atom is -0.446 e. The third kappa shape index (κ3) is 8.14. The van der Waals surface area contributed by atoms with Gasteiger partial charge in [0, 0.05) is 50.0 Å². The van der Waals surface area contributed by atoms with Crippen LogP contribution in [0, 0.1) is 59.7 Å². The van der Waals surface area contributed by atoms with Gasteiger partial charge in [-0.15, -0.1) is 6.54 Å². The van der Waals surface area contributed by atoms with Crippen LogP contribution in [0.2, 0.25) is 0 Å². The van der Waals surface area contributed by atoms with Crippen molar-refractivity contribution in [1.82, 2.24) is 5.32 Å². The molecule has 3 saturated carbocycles. The fourth-order valence-corrected chi connectivity index (χ4v) is 9.94. The first kappa shape index (κ1) is 37.5. The van der Waals surface area contributed by atoms with E-state index in [1.54, 1.807) is 5.57 Å². The summed E-state index contributed by atoms with van der Waals surface area (Å²) in [4.78, 5) is 12.0. The fraction of sp³-hybridized carbons (Fsp3) is 0.857. The number of carbonyl (C=O) groups is 1. The third-order valence-corrected chi connectivity index (χ3v) is 12.1. The van der Waals surface area contributed by atoms with Gasteiger partial charge in [-0.2, -0.15) is 6.42 Å². The second-order valence-electron chi connectivity index (χ2n) is 14.9. The number of nitrogens with one attached hydrogen (secondary N) is 1. The molecule has 1 saturated heterocycles. The summed E-state index contributed by atoms with van der Waals surface area (Å²) in [6.45, 7) is 23.8. The monoisotopic (exact) mass is 911 g/mol. The molecule has 6 heteroatoms. The molecule has 238 valence electrons. The zero-order valence-corrected chi connectivity index (χ0v) is 32.8. The van der Waals surface area contributed by atoms with E-state index in [1.165, 1.54) is 51.4 Å². The van der Waals surface area contributed by atoms with E-state index in [0.717, 1.165) is 61.9 Å². The van der Waals surface area contributed by atoms with E-state index in [0.29, 0.717) is 23.5 Å². The summed E-state index contributed by atoms with van der Waals surface area (Å²) >= 11 is 0. The van der Waals surface area contributed by atoms with Crippen molar-refractivity contribution in [3.8, 4) is 0 Å². The van der Waals surface area contributed by atoms with Crippen LogP contribution < -0.4 is 5.32 Å². The Morgan fingerprint density at radius 3 is 2.34 bits per heavy atom. The van der Waals surface area contributed by atoms with Crippen LogP contribution in [0.5, 0.6) is 0 Å². The van der Waals surface area contributed by atoms with Crippen molar-refractivity contribution in [1.29, 1.82) is 0 Å². The summed E-state index contributed by atoms with van der Waals surface area (Å²) in [5, 5.41) is 2.69. The van der Waals surface area contributed by atoms with Gasteiger partial charge in [0.1, 0.15) is 6.10 Å². The molecule has 9 atom stereocenters. The van der Waals surface area contributed by atoms with Crippen LogP contribution in [0.15, 0.2) is 11.6 Å². The number of hydrogen-bond acceptors (Lipinski definition) is 3. The number of rotatable bonds is 8. The van der Waals surface area contributed by atoms with E-state index < -0.39 is 0 Å². The normalized spacial score (nSPS) is 39.2. The average molecular weight is 912 g/mol. The molecule has 0 aromatic heterocycles. The maximum Gasteiger partial charge on any atom is 0.404 e. The molecule has 5 aliphatic rings. The Kier molecular flexibility index (Phi) is 14.2. The number of epoxide rings is 1. The van der Waals surface area contributed by atoms with Crippen molar-refractivity contribution in [2.75, 3.05) is 13.2 Å². The van der Waals surface area contributed by atoms with Gasteiger partial charge in [-0.1, -0.05) is 72.5 Å². The van der Waals surface area contributed by atoms with E-state index in [-0.39, 0.29) is 61.2 Å². The van der Waals surface area contributed by atoms with E-state index in [9.17, 15) is 4.79 Å². The summed E-state index contributed by atoms with van der Waals surface area (Å²) in [5.41, 5.74) is 2.78. The quantitative estimate of drug-likeness (QED) is 0.150. The summed E-state index contributed by atoms with van der Waals surface area (Å²) in [5.74, 6) is 4.20. The van der Waals surface area contributed by atoms with Crippen LogP contribution >= 0.6 is 0 Å². The van der Waals surface area contributed by atoms with Gasteiger partial charge in [0.2, 0.25) is 0 Å². The van der Waals surface area contributed by atoms with E-state index in [1.807, 2.05) is 0 Å². The molecule has 1 unspecified atom stereocenters. The standard InChI is InChI=1S/C31H52NO2.C4H7O.2W.H2/c1-8-32-28(33)34-24-15-18-29(5)23(20-24)14-17-31(7)26-13-12-25(22(4)11-9-10-21(2)3)30(26,6)19-16-27(29)31;1-2-4-3-5-4;;;/h14,21-22,24-27H,1,8-13,15-20H2,2-7H3,(H,32,33);4H,1-3H2;;;1H/q2*-1;;;/t22-,24+,25-,26-,27-,29+,30-,31+;;;;/m1..../s1. The Labute approximate surface area is 283 Å². The maximum absolute atomic E-state index is 12.0. The van der Waals surface area contributed by atoms with Crippen LogP contribution in [0.4, 0.5) is 4.79 Å². The molecule has 0 aromatic carbocycles. The van der Waals surface area contributed by atoms with Crippen LogP contribution in [0.25, 0.3) is 0 Å². The molecule has 0 spiro atoms. The Morgan fingerprint density at radius 2 is 1.76 bits per heavy atom. The summed E-state index contributed by atoms with van der Waals surface area (Å²) < 4.78 is 10.5. The van der Waals surface area contributed by atoms with E-state index in [4.69, 9.17) is 9.47 Å². The van der Waals surface area contributed by atoms with Crippen LogP contribution in [-0.2, 0) is 51.6 Å². The molecule has 1 aliphatic heterocycles. The zero-order valence-electron chi connectivity index (χ0n) is 27.0. The van der Waals surface area contributed by atoms with Gasteiger partial charge in [0.05, 0.1) is 12.7 Å². The molecular weight excluding hydrogens is 850 g/mol. The van der Waals surface area contributed by atoms with Crippen LogP contribution in [0.1, 0.15) is 120 Å². The molecule has 4 aliphatic carbocycles. The Hall–Kier alpha value is 0.347. The van der Waals surface area contributed by atoms with Gasteiger partial charge in [-0.05, 0) is 90.8 Å². The number of hydrogen-bond donors (Lipinski definition) is 1. The molecule has 1 amide bonds. The summed E-state index contributed by atoms with van der Waals surface area (Å²) in [6, 6.07) is 0. The molecule has 41 heavy (non-hydrogen) atoms. The second kappa shape index (κ2) is 15.6. The average Bonchev–Trinajstić information content (AvgIpc) is 3.65. The van der Waals surface area contributed by atoms with Gasteiger partial charge >= 0.3 is 6.09 Å². The smallest absolute Gasteiger partial charge is 0.404 e. The summed E-state index contributed by atoms with van der Waals surface area (Å²) in [6.07, 6.45) is 17.9. The number of amides is 1. The van der Waals surface area contributed by atoms with Crippen LogP contribution in [-0.4, -0.2) is 31.5 Å². The molecule has 4 fully saturated rings. The van der Waals surface area contributed by atoms with Gasteiger partial charge in [-0.25, -0.2) is 4.79 Å². The Balaban J connectivity index is 0.000001000. The van der Waals surface area contributed by atoms with Crippen molar-refractivity contribution in [2.24, 2.45) is 45.8 Å². The van der Waals surface area contributed by atoms with E-state index >= 15 is 0 Å². The predicted molar refractivity (Wildman–Crippen MR) is 163 cm³/mol. The van der Waals surface area contributed by atoms with Crippen molar-refractivity contribution < 1.29 is 57.8 Å². The maximum atomic E-state index is 12.0. The molecular formula is C35H61NO3W2-2. The molecule has 0 radical (unpaired) electrons. The van der Waals surface area contributed by atoms with E-state index in [2.05, 4.69) is 66.8 Å². The first-order valence-electron chi connectivity index (χ1n) is 16.3. The number of alkyl carbamates (subject to hydrolysis) is 1. The number of carbonyl (C=O) groups excluding carboxylic acids is 1. The zero-order chi connectivity index (χ0) is 28.4. The van der Waals surface area contributed by atoms with Crippen molar-refractivity contribution in [3.63, 3.8) is 0 Å². The van der Waals surface area contributed by atoms with Crippen LogP contribution in [0.3, 0.4) is 0 Å². The first-order valence-corrected chi connectivity index (χ1v) is 16.3. The molecule has 1 N–H and O–H groups in total. The minimum atomic E-state index is -0.308. The van der Waals surface area contributed by atoms with Gasteiger partial charge in [0.25, 0.3) is 0 Å². The molecule has 4 nitrogen and oxygen atoms in total. The molecule has 0 aromatic rings. The second-order valence-corrected chi connectivity index (χ2v) is 14.9. The Bertz CT molecular complexity index is 882. The molecule has 5 rings (SSSR count). The SMILES string of the molecule is [CH2-]CC1CO1.[CH2-]CNC(=O)O[C@H]1CC[C@@]2(C)C(=CC[C@@]3(C)[C@@H]4CC[C@H]([C@H](C)CCCC(C)C)[C@@]4(C)CC[C@@H]32)C1.[HH].[W].[W]. The number of fused-ring (bicyclic) bond motifs is 5. The predicted octanol–water partition coefficient (Wildman–Crippen LogP) is 9.20. The first-order chi connectivity index (χ1) is 18.5. The third-order valence-electron chi connectivity index (χ3n) is 12.1. The van der Waals surface area contributed by atoms with Crippen molar-refractivity contribution in [3.05, 3.63) is 25.5 Å². The van der Waals surface area contributed by atoms with Gasteiger partial charge in [-0.3, -0.25) is 0 Å². The fourth-order valence-electron chi connectivity index (χ4n) is 9.94. The number of allylic oxidation sites excluding steroid dienone is 1.